The van der Waals surface area contributed by atoms with E-state index in [-0.39, 0.29) is 16.3 Å². The molecule has 0 heterocycles. The zero-order valence-electron chi connectivity index (χ0n) is 20.0. The van der Waals surface area contributed by atoms with Gasteiger partial charge in [0.05, 0.1) is 0 Å². The van der Waals surface area contributed by atoms with E-state index in [2.05, 4.69) is 109 Å². The molecule has 0 fully saturated rings. The normalized spacial score (nSPS) is 15.8. The Kier molecular flexibility index (Phi) is 5.82. The fourth-order valence-electron chi connectivity index (χ4n) is 4.94. The van der Waals surface area contributed by atoms with Gasteiger partial charge in [0.25, 0.3) is 0 Å². The third kappa shape index (κ3) is 3.95. The number of hydrogen-bond donors (Lipinski definition) is 0. The molecule has 2 heteroatoms. The Morgan fingerprint density at radius 3 is 1.67 bits per heavy atom. The number of rotatable bonds is 2. The van der Waals surface area contributed by atoms with Crippen molar-refractivity contribution < 1.29 is 20.4 Å². The maximum atomic E-state index is 2.59. The first-order valence-electron chi connectivity index (χ1n) is 11.3. The van der Waals surface area contributed by atoms with Crippen LogP contribution in [0.15, 0.2) is 57.9 Å². The van der Waals surface area contributed by atoms with Crippen LogP contribution in [0.3, 0.4) is 0 Å². The monoisotopic (exact) mass is 490 g/mol. The summed E-state index contributed by atoms with van der Waals surface area (Å²) in [5.74, 6) is 0. The molecular weight excluding hydrogens is 456 g/mol. The summed E-state index contributed by atoms with van der Waals surface area (Å²) in [5.41, 5.74) is 9.30. The topological polar surface area (TPSA) is 0 Å². The van der Waals surface area contributed by atoms with Crippen LogP contribution in [0.25, 0.3) is 11.1 Å². The average molecular weight is 492 g/mol. The van der Waals surface area contributed by atoms with E-state index in [0.29, 0.717) is 3.63 Å². The van der Waals surface area contributed by atoms with Crippen molar-refractivity contribution in [3.63, 3.8) is 0 Å². The molecule has 30 heavy (non-hydrogen) atoms. The predicted molar refractivity (Wildman–Crippen MR) is 130 cm³/mol. The molecule has 0 saturated carbocycles. The fraction of sp³-hybridized carbons (Fsp3) is 0.429. The standard InChI is InChI=1S/C21H25.C5H5.C2H6Si.Zr/c1-20(2,3)16-9-7-14-11-15-8-10-17(21(4,5)6)13-19(15)18(14)12-16;1-2-4-5-3-1;1-3-2;/h7-13H,1-6H3;1-3H,4H2;1-2H3;. The Morgan fingerprint density at radius 2 is 1.30 bits per heavy atom. The molecule has 0 aliphatic heterocycles. The molecule has 2 aliphatic carbocycles. The van der Waals surface area contributed by atoms with Crippen LogP contribution in [0.1, 0.15) is 73.8 Å². The third-order valence-electron chi connectivity index (χ3n) is 6.70. The van der Waals surface area contributed by atoms with E-state index in [1.807, 2.05) is 3.28 Å². The van der Waals surface area contributed by atoms with Crippen LogP contribution >= 0.6 is 0 Å². The van der Waals surface area contributed by atoms with E-state index < -0.39 is 20.4 Å². The molecule has 0 bridgehead atoms. The summed E-state index contributed by atoms with van der Waals surface area (Å²) in [6, 6.07) is 14.9. The van der Waals surface area contributed by atoms with Crippen molar-refractivity contribution in [1.82, 2.24) is 0 Å². The van der Waals surface area contributed by atoms with Crippen molar-refractivity contribution in [1.29, 1.82) is 0 Å². The SMILES string of the molecule is C[Si](C)=[Zr]([C]1=CC=CC1)[CH]1c2ccc(C(C)(C)C)cc2-c2cc(C(C)(C)C)ccc21. The minimum absolute atomic E-state index is 0.179. The first-order valence-corrected chi connectivity index (χ1v) is 20.1. The van der Waals surface area contributed by atoms with Gasteiger partial charge in [0.15, 0.2) is 0 Å². The van der Waals surface area contributed by atoms with E-state index in [1.54, 1.807) is 11.1 Å². The van der Waals surface area contributed by atoms with E-state index in [9.17, 15) is 0 Å². The zero-order valence-corrected chi connectivity index (χ0v) is 23.4. The Morgan fingerprint density at radius 1 is 0.800 bits per heavy atom. The molecule has 0 unspecified atom stereocenters. The molecule has 2 aliphatic rings. The Balaban J connectivity index is 1.98. The van der Waals surface area contributed by atoms with Crippen LogP contribution in [0.2, 0.25) is 13.1 Å². The summed E-state index contributed by atoms with van der Waals surface area (Å²) in [6.45, 7) is 19.2. The van der Waals surface area contributed by atoms with Gasteiger partial charge in [-0.15, -0.1) is 0 Å². The molecule has 0 aromatic heterocycles. The first-order chi connectivity index (χ1) is 14.0. The van der Waals surface area contributed by atoms with Gasteiger partial charge in [-0.05, 0) is 0 Å². The fourth-order valence-corrected chi connectivity index (χ4v) is 23.3. The molecule has 0 spiro atoms. The van der Waals surface area contributed by atoms with Gasteiger partial charge in [-0.3, -0.25) is 0 Å². The molecular formula is C28H36SiZr. The Labute approximate surface area is 191 Å². The van der Waals surface area contributed by atoms with Crippen molar-refractivity contribution in [2.45, 2.75) is 75.5 Å². The Hall–Kier alpha value is -0.980. The van der Waals surface area contributed by atoms with Gasteiger partial charge in [-0.2, -0.15) is 0 Å². The van der Waals surface area contributed by atoms with Crippen LogP contribution in [-0.2, 0) is 31.2 Å². The molecule has 2 aromatic rings. The second kappa shape index (κ2) is 7.86. The molecule has 0 radical (unpaired) electrons. The van der Waals surface area contributed by atoms with E-state index >= 15 is 0 Å². The van der Waals surface area contributed by atoms with Crippen molar-refractivity contribution in [2.75, 3.05) is 0 Å². The van der Waals surface area contributed by atoms with Crippen LogP contribution in [-0.4, -0.2) is 5.43 Å². The summed E-state index contributed by atoms with van der Waals surface area (Å²) < 4.78 is 2.52. The molecule has 2 aromatic carbocycles. The van der Waals surface area contributed by atoms with Crippen LogP contribution in [0, 0.1) is 0 Å². The summed E-state index contributed by atoms with van der Waals surface area (Å²) in [4.78, 5) is 0. The Bertz CT molecular complexity index is 1030. The van der Waals surface area contributed by atoms with E-state index in [4.69, 9.17) is 0 Å². The van der Waals surface area contributed by atoms with Gasteiger partial charge in [0, 0.05) is 0 Å². The second-order valence-corrected chi connectivity index (χ2v) is 28.9. The van der Waals surface area contributed by atoms with Crippen molar-refractivity contribution in [3.05, 3.63) is 80.2 Å². The van der Waals surface area contributed by atoms with Gasteiger partial charge in [-0.1, -0.05) is 0 Å². The number of benzene rings is 2. The van der Waals surface area contributed by atoms with Crippen molar-refractivity contribution in [3.8, 4) is 11.1 Å². The predicted octanol–water partition coefficient (Wildman–Crippen LogP) is 8.06. The first kappa shape index (κ1) is 22.2. The van der Waals surface area contributed by atoms with Gasteiger partial charge in [0.1, 0.15) is 0 Å². The maximum absolute atomic E-state index is 2.59. The van der Waals surface area contributed by atoms with Gasteiger partial charge >= 0.3 is 193 Å². The summed E-state index contributed by atoms with van der Waals surface area (Å²) >= 11 is -1.83. The van der Waals surface area contributed by atoms with Crippen LogP contribution < -0.4 is 0 Å². The number of fused-ring (bicyclic) bond motifs is 3. The molecule has 0 saturated heterocycles. The minimum atomic E-state index is -1.83. The molecule has 0 atom stereocenters. The molecule has 0 amide bonds. The molecule has 4 rings (SSSR count). The third-order valence-corrected chi connectivity index (χ3v) is 24.9. The number of allylic oxidation sites excluding steroid dienone is 4. The van der Waals surface area contributed by atoms with E-state index in [0.717, 1.165) is 0 Å². The van der Waals surface area contributed by atoms with Crippen LogP contribution in [0.4, 0.5) is 0 Å². The van der Waals surface area contributed by atoms with Gasteiger partial charge < -0.3 is 0 Å². The van der Waals surface area contributed by atoms with Gasteiger partial charge in [0.2, 0.25) is 0 Å². The number of hydrogen-bond acceptors (Lipinski definition) is 0. The molecule has 0 nitrogen and oxygen atoms in total. The summed E-state index contributed by atoms with van der Waals surface area (Å²) in [6.07, 6.45) is 8.38. The molecule has 0 N–H and O–H groups in total. The van der Waals surface area contributed by atoms with Crippen molar-refractivity contribution in [2.24, 2.45) is 0 Å². The zero-order chi connectivity index (χ0) is 21.8. The summed E-state index contributed by atoms with van der Waals surface area (Å²) in [7, 11) is 0. The summed E-state index contributed by atoms with van der Waals surface area (Å²) in [5, 5.41) is 0. The quantitative estimate of drug-likeness (QED) is 0.373. The van der Waals surface area contributed by atoms with E-state index in [1.165, 1.54) is 28.7 Å². The second-order valence-electron chi connectivity index (χ2n) is 11.3. The molecule has 156 valence electrons. The average Bonchev–Trinajstić information content (AvgIpc) is 3.27. The van der Waals surface area contributed by atoms with Crippen molar-refractivity contribution >= 4 is 5.43 Å². The van der Waals surface area contributed by atoms with Crippen LogP contribution in [0.5, 0.6) is 0 Å². The van der Waals surface area contributed by atoms with Gasteiger partial charge in [-0.25, -0.2) is 0 Å².